The molecular formula is C18H15FN2O3. The van der Waals surface area contributed by atoms with Crippen LogP contribution >= 0.6 is 0 Å². The quantitative estimate of drug-likeness (QED) is 0.654. The Morgan fingerprint density at radius 1 is 1.08 bits per heavy atom. The van der Waals surface area contributed by atoms with Crippen LogP contribution in [0.1, 0.15) is 5.56 Å². The van der Waals surface area contributed by atoms with E-state index < -0.39 is 17.6 Å². The molecule has 5 nitrogen and oxygen atoms in total. The van der Waals surface area contributed by atoms with E-state index in [9.17, 15) is 19.1 Å². The van der Waals surface area contributed by atoms with E-state index in [1.165, 1.54) is 12.1 Å². The number of carbonyl (C=O) groups is 2. The van der Waals surface area contributed by atoms with Gasteiger partial charge in [0.05, 0.1) is 5.69 Å². The molecule has 0 atom stereocenters. The minimum absolute atomic E-state index is 0.0117. The first-order valence-electron chi connectivity index (χ1n) is 7.41. The molecule has 1 aliphatic heterocycles. The Bertz CT molecular complexity index is 818. The number of benzene rings is 2. The minimum Gasteiger partial charge on any atom is -0.508 e. The number of phenols is 1. The van der Waals surface area contributed by atoms with E-state index in [1.807, 2.05) is 30.3 Å². The number of amides is 2. The zero-order valence-corrected chi connectivity index (χ0v) is 12.7. The maximum atomic E-state index is 13.7. The summed E-state index contributed by atoms with van der Waals surface area (Å²) in [7, 11) is 0. The summed E-state index contributed by atoms with van der Waals surface area (Å²) < 4.78 is 13.7. The fraction of sp³-hybridized carbons (Fsp3) is 0.111. The Morgan fingerprint density at radius 2 is 1.83 bits per heavy atom. The maximum absolute atomic E-state index is 13.7. The minimum atomic E-state index is -0.709. The van der Waals surface area contributed by atoms with Crippen molar-refractivity contribution < 1.29 is 19.1 Å². The number of aromatic hydroxyl groups is 1. The van der Waals surface area contributed by atoms with Gasteiger partial charge in [0.2, 0.25) is 0 Å². The third-order valence-corrected chi connectivity index (χ3v) is 3.70. The number of nitrogens with one attached hydrogen (secondary N) is 1. The molecule has 24 heavy (non-hydrogen) atoms. The molecule has 3 rings (SSSR count). The van der Waals surface area contributed by atoms with Crippen LogP contribution in [0.15, 0.2) is 60.3 Å². The van der Waals surface area contributed by atoms with E-state index in [0.717, 1.165) is 22.6 Å². The summed E-state index contributed by atoms with van der Waals surface area (Å²) in [6.07, 6.45) is 1.70. The third-order valence-electron chi connectivity index (χ3n) is 3.70. The lowest BCUT2D eigenvalue weighted by Crippen LogP contribution is -2.33. The van der Waals surface area contributed by atoms with Gasteiger partial charge in [-0.1, -0.05) is 30.3 Å². The van der Waals surface area contributed by atoms with E-state index in [2.05, 4.69) is 5.32 Å². The van der Waals surface area contributed by atoms with Gasteiger partial charge in [0.1, 0.15) is 17.3 Å². The van der Waals surface area contributed by atoms with Gasteiger partial charge in [-0.05, 0) is 24.1 Å². The molecule has 0 aromatic heterocycles. The van der Waals surface area contributed by atoms with Crippen LogP contribution < -0.4 is 5.32 Å². The molecule has 2 aromatic rings. The van der Waals surface area contributed by atoms with Crippen LogP contribution in [0.2, 0.25) is 0 Å². The van der Waals surface area contributed by atoms with Gasteiger partial charge in [-0.2, -0.15) is 0 Å². The molecule has 0 unspecified atom stereocenters. The van der Waals surface area contributed by atoms with Crippen LogP contribution in [0.25, 0.3) is 0 Å². The molecule has 2 aromatic carbocycles. The number of carbonyl (C=O) groups excluding carboxylic acids is 2. The molecule has 122 valence electrons. The number of hydrogen-bond acceptors (Lipinski definition) is 4. The molecule has 0 radical (unpaired) electrons. The standard InChI is InChI=1S/C18H15FN2O3/c19-14-10-13(22)6-7-15(14)20-16-11-17(23)21(18(16)24)9-8-12-4-2-1-3-5-12/h1-7,10-11,20,22H,8-9H2. The molecule has 0 spiro atoms. The normalized spacial score (nSPS) is 14.0. The summed E-state index contributed by atoms with van der Waals surface area (Å²) in [5.74, 6) is -1.86. The SMILES string of the molecule is O=C1C=C(Nc2ccc(O)cc2F)C(=O)N1CCc1ccccc1. The Balaban J connectivity index is 1.67. The summed E-state index contributed by atoms with van der Waals surface area (Å²) in [5, 5.41) is 11.8. The fourth-order valence-electron chi connectivity index (χ4n) is 2.45. The number of anilines is 1. The monoisotopic (exact) mass is 326 g/mol. The smallest absolute Gasteiger partial charge is 0.277 e. The van der Waals surface area contributed by atoms with E-state index in [1.54, 1.807) is 0 Å². The molecule has 0 fully saturated rings. The van der Waals surface area contributed by atoms with Crippen LogP contribution in [0.4, 0.5) is 10.1 Å². The predicted molar refractivity (Wildman–Crippen MR) is 86.6 cm³/mol. The lowest BCUT2D eigenvalue weighted by Gasteiger charge is -2.15. The number of rotatable bonds is 5. The van der Waals surface area contributed by atoms with Crippen molar-refractivity contribution in [2.75, 3.05) is 11.9 Å². The van der Waals surface area contributed by atoms with Crippen molar-refractivity contribution in [3.05, 3.63) is 71.7 Å². The Kier molecular flexibility index (Phi) is 4.29. The fourth-order valence-corrected chi connectivity index (χ4v) is 2.45. The second-order valence-electron chi connectivity index (χ2n) is 5.38. The first-order valence-corrected chi connectivity index (χ1v) is 7.41. The highest BCUT2D eigenvalue weighted by Gasteiger charge is 2.31. The topological polar surface area (TPSA) is 69.6 Å². The van der Waals surface area contributed by atoms with E-state index in [0.29, 0.717) is 6.42 Å². The number of imide groups is 1. The molecule has 0 aliphatic carbocycles. The summed E-state index contributed by atoms with van der Waals surface area (Å²) in [6, 6.07) is 13.0. The van der Waals surface area contributed by atoms with Crippen molar-refractivity contribution in [2.24, 2.45) is 0 Å². The first kappa shape index (κ1) is 15.7. The van der Waals surface area contributed by atoms with Crippen molar-refractivity contribution in [1.82, 2.24) is 4.90 Å². The van der Waals surface area contributed by atoms with Crippen LogP contribution in [0.5, 0.6) is 5.75 Å². The summed E-state index contributed by atoms with van der Waals surface area (Å²) in [4.78, 5) is 25.4. The van der Waals surface area contributed by atoms with Gasteiger partial charge in [0.25, 0.3) is 11.8 Å². The lowest BCUT2D eigenvalue weighted by atomic mass is 10.1. The predicted octanol–water partition coefficient (Wildman–Crippen LogP) is 2.44. The van der Waals surface area contributed by atoms with Gasteiger partial charge in [-0.3, -0.25) is 14.5 Å². The number of nitrogens with zero attached hydrogens (tertiary/aromatic N) is 1. The largest absolute Gasteiger partial charge is 0.508 e. The zero-order valence-electron chi connectivity index (χ0n) is 12.7. The van der Waals surface area contributed by atoms with Gasteiger partial charge >= 0.3 is 0 Å². The Hall–Kier alpha value is -3.15. The number of hydrogen-bond donors (Lipinski definition) is 2. The Labute approximate surface area is 138 Å². The van der Waals surface area contributed by atoms with Crippen molar-refractivity contribution >= 4 is 17.5 Å². The van der Waals surface area contributed by atoms with Gasteiger partial charge in [-0.15, -0.1) is 0 Å². The third kappa shape index (κ3) is 3.27. The highest BCUT2D eigenvalue weighted by molar-refractivity contribution is 6.17. The highest BCUT2D eigenvalue weighted by Crippen LogP contribution is 2.23. The number of halogens is 1. The molecule has 1 aliphatic rings. The first-order chi connectivity index (χ1) is 11.5. The molecule has 0 saturated heterocycles. The van der Waals surface area contributed by atoms with Gasteiger partial charge < -0.3 is 10.4 Å². The van der Waals surface area contributed by atoms with Crippen molar-refractivity contribution in [3.8, 4) is 5.75 Å². The summed E-state index contributed by atoms with van der Waals surface area (Å²) in [6.45, 7) is 0.251. The van der Waals surface area contributed by atoms with Crippen molar-refractivity contribution in [2.45, 2.75) is 6.42 Å². The average molecular weight is 326 g/mol. The average Bonchev–Trinajstić information content (AvgIpc) is 2.83. The van der Waals surface area contributed by atoms with Crippen LogP contribution in [0, 0.1) is 5.82 Å². The van der Waals surface area contributed by atoms with Crippen LogP contribution in [-0.2, 0) is 16.0 Å². The van der Waals surface area contributed by atoms with Crippen molar-refractivity contribution in [3.63, 3.8) is 0 Å². The Morgan fingerprint density at radius 3 is 2.54 bits per heavy atom. The van der Waals surface area contributed by atoms with Gasteiger partial charge in [0, 0.05) is 18.7 Å². The lowest BCUT2D eigenvalue weighted by molar-refractivity contribution is -0.137. The molecule has 2 amide bonds. The van der Waals surface area contributed by atoms with Crippen LogP contribution in [0.3, 0.4) is 0 Å². The van der Waals surface area contributed by atoms with Crippen LogP contribution in [-0.4, -0.2) is 28.4 Å². The van der Waals surface area contributed by atoms with Gasteiger partial charge in [-0.25, -0.2) is 4.39 Å². The highest BCUT2D eigenvalue weighted by atomic mass is 19.1. The maximum Gasteiger partial charge on any atom is 0.277 e. The molecule has 2 N–H and O–H groups in total. The second kappa shape index (κ2) is 6.54. The van der Waals surface area contributed by atoms with E-state index in [-0.39, 0.29) is 23.7 Å². The molecule has 0 saturated carbocycles. The molecule has 1 heterocycles. The molecule has 6 heteroatoms. The zero-order chi connectivity index (χ0) is 17.1. The van der Waals surface area contributed by atoms with Gasteiger partial charge in [0.15, 0.2) is 0 Å². The number of phenolic OH excluding ortho intramolecular Hbond substituents is 1. The summed E-state index contributed by atoms with van der Waals surface area (Å²) >= 11 is 0. The molecule has 0 bridgehead atoms. The van der Waals surface area contributed by atoms with E-state index in [4.69, 9.17) is 0 Å². The summed E-state index contributed by atoms with van der Waals surface area (Å²) in [5.41, 5.74) is 1.05. The molecular weight excluding hydrogens is 311 g/mol. The second-order valence-corrected chi connectivity index (χ2v) is 5.38. The van der Waals surface area contributed by atoms with Crippen molar-refractivity contribution in [1.29, 1.82) is 0 Å². The van der Waals surface area contributed by atoms with E-state index >= 15 is 0 Å².